The van der Waals surface area contributed by atoms with E-state index in [-0.39, 0.29) is 24.4 Å². The van der Waals surface area contributed by atoms with Gasteiger partial charge >= 0.3 is 0 Å². The summed E-state index contributed by atoms with van der Waals surface area (Å²) in [5, 5.41) is 0. The molecule has 0 aromatic carbocycles. The van der Waals surface area contributed by atoms with Gasteiger partial charge < -0.3 is 0 Å². The van der Waals surface area contributed by atoms with Gasteiger partial charge in [0.2, 0.25) is 0 Å². The van der Waals surface area contributed by atoms with Gasteiger partial charge in [0, 0.05) is 11.6 Å². The van der Waals surface area contributed by atoms with E-state index in [0.29, 0.717) is 5.57 Å². The predicted octanol–water partition coefficient (Wildman–Crippen LogP) is 1.01. The van der Waals surface area contributed by atoms with Crippen molar-refractivity contribution in [1.29, 1.82) is 0 Å². The van der Waals surface area contributed by atoms with Gasteiger partial charge in [0.25, 0.3) is 5.91 Å². The first kappa shape index (κ1) is 13.1. The molecule has 66 valence electrons. The minimum atomic E-state index is -0.159. The van der Waals surface area contributed by atoms with E-state index >= 15 is 0 Å². The fourth-order valence-electron chi connectivity index (χ4n) is 0.317. The number of carbonyl (C=O) groups is 1. The SMILES string of the molecule is C=C(C)C(=O)NNC(C)C.Cl. The zero-order chi connectivity index (χ0) is 8.15. The highest BCUT2D eigenvalue weighted by Crippen LogP contribution is 1.83. The van der Waals surface area contributed by atoms with E-state index in [0.717, 1.165) is 0 Å². The Bertz CT molecular complexity index is 145. The first-order valence-corrected chi connectivity index (χ1v) is 3.25. The smallest absolute Gasteiger partial charge is 0.260 e. The van der Waals surface area contributed by atoms with Crippen LogP contribution in [0.3, 0.4) is 0 Å². The van der Waals surface area contributed by atoms with E-state index in [1.54, 1.807) is 6.92 Å². The van der Waals surface area contributed by atoms with Crippen LogP contribution in [0.5, 0.6) is 0 Å². The molecule has 0 fully saturated rings. The zero-order valence-corrected chi connectivity index (χ0v) is 7.92. The second-order valence-electron chi connectivity index (χ2n) is 2.53. The Morgan fingerprint density at radius 1 is 1.45 bits per heavy atom. The Balaban J connectivity index is 0. The van der Waals surface area contributed by atoms with Crippen molar-refractivity contribution in [3.63, 3.8) is 0 Å². The zero-order valence-electron chi connectivity index (χ0n) is 7.10. The number of hydrogen-bond acceptors (Lipinski definition) is 2. The van der Waals surface area contributed by atoms with E-state index in [4.69, 9.17) is 0 Å². The molecule has 11 heavy (non-hydrogen) atoms. The van der Waals surface area contributed by atoms with Gasteiger partial charge in [-0.1, -0.05) is 6.58 Å². The first-order chi connectivity index (χ1) is 4.54. The Kier molecular flexibility index (Phi) is 7.36. The molecule has 0 unspecified atom stereocenters. The summed E-state index contributed by atoms with van der Waals surface area (Å²) >= 11 is 0. The molecule has 0 rings (SSSR count). The standard InChI is InChI=1S/C7H14N2O.ClH/c1-5(2)7(10)9-8-6(3)4;/h6,8H,1H2,2-4H3,(H,9,10);1H. The number of hydrogen-bond donors (Lipinski definition) is 2. The Hall–Kier alpha value is -0.540. The molecule has 3 nitrogen and oxygen atoms in total. The highest BCUT2D eigenvalue weighted by atomic mass is 35.5. The molecule has 0 aliphatic heterocycles. The summed E-state index contributed by atoms with van der Waals surface area (Å²) in [5.41, 5.74) is 5.77. The van der Waals surface area contributed by atoms with Crippen molar-refractivity contribution >= 4 is 18.3 Å². The van der Waals surface area contributed by atoms with Crippen LogP contribution in [0.25, 0.3) is 0 Å². The minimum Gasteiger partial charge on any atom is -0.288 e. The molecule has 0 saturated heterocycles. The predicted molar refractivity (Wildman–Crippen MR) is 48.5 cm³/mol. The molecule has 2 N–H and O–H groups in total. The van der Waals surface area contributed by atoms with Crippen LogP contribution in [-0.4, -0.2) is 11.9 Å². The van der Waals surface area contributed by atoms with Gasteiger partial charge in [0.1, 0.15) is 0 Å². The molecule has 4 heteroatoms. The van der Waals surface area contributed by atoms with Crippen molar-refractivity contribution in [3.05, 3.63) is 12.2 Å². The lowest BCUT2D eigenvalue weighted by Crippen LogP contribution is -2.41. The van der Waals surface area contributed by atoms with Crippen molar-refractivity contribution in [2.24, 2.45) is 0 Å². The van der Waals surface area contributed by atoms with Gasteiger partial charge in [0.15, 0.2) is 0 Å². The van der Waals surface area contributed by atoms with Crippen molar-refractivity contribution in [2.45, 2.75) is 26.8 Å². The Morgan fingerprint density at radius 2 is 1.91 bits per heavy atom. The average molecular weight is 179 g/mol. The van der Waals surface area contributed by atoms with Gasteiger partial charge in [-0.25, -0.2) is 5.43 Å². The van der Waals surface area contributed by atoms with Crippen molar-refractivity contribution in [2.75, 3.05) is 0 Å². The number of amides is 1. The van der Waals surface area contributed by atoms with Crippen LogP contribution in [0, 0.1) is 0 Å². The second kappa shape index (κ2) is 6.19. The van der Waals surface area contributed by atoms with Gasteiger partial charge in [-0.3, -0.25) is 10.2 Å². The monoisotopic (exact) mass is 178 g/mol. The second-order valence-corrected chi connectivity index (χ2v) is 2.53. The number of nitrogens with one attached hydrogen (secondary N) is 2. The van der Waals surface area contributed by atoms with Crippen LogP contribution < -0.4 is 10.9 Å². The topological polar surface area (TPSA) is 41.1 Å². The molecular formula is C7H15ClN2O. The third kappa shape index (κ3) is 7.36. The summed E-state index contributed by atoms with van der Waals surface area (Å²) < 4.78 is 0. The Morgan fingerprint density at radius 3 is 2.18 bits per heavy atom. The first-order valence-electron chi connectivity index (χ1n) is 3.25. The molecule has 1 amide bonds. The van der Waals surface area contributed by atoms with Crippen LogP contribution in [0.4, 0.5) is 0 Å². The summed E-state index contributed by atoms with van der Waals surface area (Å²) in [6, 6.07) is 0.253. The van der Waals surface area contributed by atoms with Crippen LogP contribution in [-0.2, 0) is 4.79 Å². The van der Waals surface area contributed by atoms with Gasteiger partial charge in [0.05, 0.1) is 0 Å². The lowest BCUT2D eigenvalue weighted by molar-refractivity contribution is -0.118. The lowest BCUT2D eigenvalue weighted by Gasteiger charge is -2.08. The number of hydrazine groups is 1. The summed E-state index contributed by atoms with van der Waals surface area (Å²) in [5.74, 6) is -0.159. The maximum absolute atomic E-state index is 10.8. The van der Waals surface area contributed by atoms with Crippen LogP contribution in [0.1, 0.15) is 20.8 Å². The molecule has 0 atom stereocenters. The van der Waals surface area contributed by atoms with Gasteiger partial charge in [-0.15, -0.1) is 12.4 Å². The van der Waals surface area contributed by atoms with E-state index in [9.17, 15) is 4.79 Å². The number of halogens is 1. The van der Waals surface area contributed by atoms with E-state index < -0.39 is 0 Å². The molecule has 0 aliphatic rings. The van der Waals surface area contributed by atoms with Crippen molar-refractivity contribution in [3.8, 4) is 0 Å². The normalized spacial score (nSPS) is 8.73. The summed E-state index contributed by atoms with van der Waals surface area (Å²) in [7, 11) is 0. The fraction of sp³-hybridized carbons (Fsp3) is 0.571. The largest absolute Gasteiger partial charge is 0.288 e. The molecule has 0 aromatic rings. The third-order valence-corrected chi connectivity index (χ3v) is 0.862. The molecule has 0 radical (unpaired) electrons. The van der Waals surface area contributed by atoms with E-state index in [2.05, 4.69) is 17.4 Å². The summed E-state index contributed by atoms with van der Waals surface area (Å²) in [4.78, 5) is 10.8. The van der Waals surface area contributed by atoms with Gasteiger partial charge in [-0.2, -0.15) is 0 Å². The van der Waals surface area contributed by atoms with Gasteiger partial charge in [-0.05, 0) is 20.8 Å². The maximum atomic E-state index is 10.8. The van der Waals surface area contributed by atoms with Crippen molar-refractivity contribution in [1.82, 2.24) is 10.9 Å². The quantitative estimate of drug-likeness (QED) is 0.501. The van der Waals surface area contributed by atoms with Crippen LogP contribution in [0.15, 0.2) is 12.2 Å². The number of rotatable bonds is 3. The van der Waals surface area contributed by atoms with Crippen LogP contribution >= 0.6 is 12.4 Å². The lowest BCUT2D eigenvalue weighted by atomic mass is 10.3. The average Bonchev–Trinajstić information content (AvgIpc) is 1.82. The minimum absolute atomic E-state index is 0. The fourth-order valence-corrected chi connectivity index (χ4v) is 0.317. The molecule has 0 heterocycles. The summed E-state index contributed by atoms with van der Waals surface area (Å²) in [6.45, 7) is 9.03. The number of carbonyl (C=O) groups excluding carboxylic acids is 1. The summed E-state index contributed by atoms with van der Waals surface area (Å²) in [6.07, 6.45) is 0. The van der Waals surface area contributed by atoms with Crippen LogP contribution in [0.2, 0.25) is 0 Å². The third-order valence-electron chi connectivity index (χ3n) is 0.862. The molecule has 0 spiro atoms. The molecule has 0 saturated carbocycles. The van der Waals surface area contributed by atoms with Crippen molar-refractivity contribution < 1.29 is 4.79 Å². The highest BCUT2D eigenvalue weighted by Gasteiger charge is 1.99. The molecule has 0 aliphatic carbocycles. The molecule has 0 aromatic heterocycles. The highest BCUT2D eigenvalue weighted by molar-refractivity contribution is 5.91. The maximum Gasteiger partial charge on any atom is 0.260 e. The Labute approximate surface area is 73.6 Å². The van der Waals surface area contributed by atoms with E-state index in [1.807, 2.05) is 13.8 Å². The molecular weight excluding hydrogens is 164 g/mol. The molecule has 0 bridgehead atoms. The van der Waals surface area contributed by atoms with E-state index in [1.165, 1.54) is 0 Å².